The first-order chi connectivity index (χ1) is 16.2. The molecular weight excluding hydrogens is 531 g/mol. The van der Waals surface area contributed by atoms with E-state index in [0.717, 1.165) is 11.8 Å². The van der Waals surface area contributed by atoms with Gasteiger partial charge in [-0.2, -0.15) is 30.7 Å². The number of nitrogens with zero attached hydrogens (tertiary/aromatic N) is 1. The molecule has 0 saturated carbocycles. The Hall–Kier alpha value is -1.94. The Morgan fingerprint density at radius 3 is 1.78 bits per heavy atom. The van der Waals surface area contributed by atoms with Crippen molar-refractivity contribution in [2.24, 2.45) is 0 Å². The van der Waals surface area contributed by atoms with Gasteiger partial charge in [-0.1, -0.05) is 33.3 Å². The number of esters is 1. The average molecular weight is 561 g/mol. The van der Waals surface area contributed by atoms with Gasteiger partial charge in [0.05, 0.1) is 6.61 Å². The molecule has 0 aliphatic rings. The number of unbranched alkanes of at least 4 members (excludes halogenated alkanes) is 2. The van der Waals surface area contributed by atoms with E-state index in [-0.39, 0.29) is 25.9 Å². The van der Waals surface area contributed by atoms with Crippen LogP contribution in [0.3, 0.4) is 0 Å². The van der Waals surface area contributed by atoms with Crippen LogP contribution in [0.1, 0.15) is 59.3 Å². The average Bonchev–Trinajstić information content (AvgIpc) is 2.73. The van der Waals surface area contributed by atoms with Gasteiger partial charge in [-0.15, -0.1) is 0 Å². The quantitative estimate of drug-likeness (QED) is 0.0688. The van der Waals surface area contributed by atoms with Gasteiger partial charge in [0.1, 0.15) is 0 Å². The lowest BCUT2D eigenvalue weighted by molar-refractivity contribution is -0.351. The molecule has 1 amide bonds. The van der Waals surface area contributed by atoms with Crippen molar-refractivity contribution in [1.29, 1.82) is 0 Å². The van der Waals surface area contributed by atoms with Gasteiger partial charge in [0.15, 0.2) is 10.1 Å². The number of ether oxygens (including phenoxy) is 2. The summed E-state index contributed by atoms with van der Waals surface area (Å²) in [7, 11) is -6.81. The molecule has 0 rings (SSSR count). The largest absolute Gasteiger partial charge is 0.743 e. The Kier molecular flexibility index (Phi) is 12.3. The number of alkyl halides is 7. The summed E-state index contributed by atoms with van der Waals surface area (Å²) in [5.74, 6) is -13.4. The first-order valence-electron chi connectivity index (χ1n) is 10.8. The molecule has 0 aromatic carbocycles. The van der Waals surface area contributed by atoms with Crippen LogP contribution in [0.15, 0.2) is 12.2 Å². The highest BCUT2D eigenvalue weighted by Crippen LogP contribution is 2.42. The first kappa shape index (κ1) is 34.1. The highest BCUT2D eigenvalue weighted by molar-refractivity contribution is 7.86. The molecule has 0 aliphatic heterocycles. The van der Waals surface area contributed by atoms with E-state index in [0.29, 0.717) is 12.8 Å². The second kappa shape index (κ2) is 13.0. The molecule has 0 radical (unpaired) electrons. The number of carbonyl (C=O) groups excluding carboxylic acids is 2. The maximum absolute atomic E-state index is 14.2. The molecule has 36 heavy (non-hydrogen) atoms. The normalized spacial score (nSPS) is 14.8. The first-order valence-corrected chi connectivity index (χ1v) is 12.2. The Morgan fingerprint density at radius 2 is 1.42 bits per heavy atom. The number of amides is 1. The fourth-order valence-electron chi connectivity index (χ4n) is 2.67. The van der Waals surface area contributed by atoms with Crippen molar-refractivity contribution >= 4 is 22.0 Å². The molecule has 0 N–H and O–H groups in total. The van der Waals surface area contributed by atoms with Gasteiger partial charge in [0, 0.05) is 25.1 Å². The third kappa shape index (κ3) is 8.30. The molecule has 0 fully saturated rings. The molecule has 0 heterocycles. The minimum Gasteiger partial charge on any atom is -0.743 e. The third-order valence-electron chi connectivity index (χ3n) is 4.77. The summed E-state index contributed by atoms with van der Waals surface area (Å²) < 4.78 is 137. The van der Waals surface area contributed by atoms with E-state index in [2.05, 4.69) is 16.1 Å². The van der Waals surface area contributed by atoms with Crippen molar-refractivity contribution in [3.63, 3.8) is 0 Å². The van der Waals surface area contributed by atoms with Crippen LogP contribution in [0.5, 0.6) is 0 Å². The Morgan fingerprint density at radius 1 is 0.944 bits per heavy atom. The fraction of sp³-hybridized carbons (Fsp3) is 0.800. The van der Waals surface area contributed by atoms with E-state index in [4.69, 9.17) is 0 Å². The zero-order chi connectivity index (χ0) is 28.6. The summed E-state index contributed by atoms with van der Waals surface area (Å²) in [6, 6.07) is 0. The summed E-state index contributed by atoms with van der Waals surface area (Å²) in [5.41, 5.74) is -0.569. The van der Waals surface area contributed by atoms with E-state index in [1.54, 1.807) is 13.8 Å². The van der Waals surface area contributed by atoms with Crippen LogP contribution < -0.4 is 0 Å². The lowest BCUT2D eigenvalue weighted by Gasteiger charge is -2.37. The van der Waals surface area contributed by atoms with Crippen LogP contribution in [0.4, 0.5) is 30.7 Å². The van der Waals surface area contributed by atoms with Gasteiger partial charge in [-0.05, 0) is 26.2 Å². The summed E-state index contributed by atoms with van der Waals surface area (Å²) in [6.45, 7) is 5.55. The van der Waals surface area contributed by atoms with Crippen molar-refractivity contribution < 1.29 is 62.8 Å². The summed E-state index contributed by atoms with van der Waals surface area (Å²) in [5, 5.41) is -6.06. The zero-order valence-corrected chi connectivity index (χ0v) is 20.7. The molecule has 16 heteroatoms. The van der Waals surface area contributed by atoms with Crippen LogP contribution in [0.25, 0.3) is 0 Å². The number of carbonyl (C=O) groups is 2. The molecule has 1 unspecified atom stereocenters. The number of rotatable bonds is 16. The zero-order valence-electron chi connectivity index (χ0n) is 19.9. The van der Waals surface area contributed by atoms with Gasteiger partial charge in [0.2, 0.25) is 0 Å². The van der Waals surface area contributed by atoms with Gasteiger partial charge in [-0.25, -0.2) is 13.2 Å². The number of halogens is 7. The predicted molar refractivity (Wildman–Crippen MR) is 111 cm³/mol. The highest BCUT2D eigenvalue weighted by Gasteiger charge is 2.67. The SMILES string of the molecule is C=C(C)C(=O)OC(OCCCC(F)(F)C(F)(F)S(=O)(=O)[O-])(C(=O)N(CCCC)CCCC)C(F)(F)F. The number of hydrogen-bond donors (Lipinski definition) is 0. The monoisotopic (exact) mass is 560 g/mol. The van der Waals surface area contributed by atoms with E-state index < -0.39 is 70.2 Å². The Balaban J connectivity index is 6.17. The topological polar surface area (TPSA) is 113 Å². The molecule has 212 valence electrons. The maximum atomic E-state index is 14.2. The molecule has 0 spiro atoms. The minimum absolute atomic E-state index is 0.202. The van der Waals surface area contributed by atoms with Crippen molar-refractivity contribution in [3.05, 3.63) is 12.2 Å². The fourth-order valence-corrected chi connectivity index (χ4v) is 3.14. The van der Waals surface area contributed by atoms with E-state index in [1.807, 2.05) is 0 Å². The predicted octanol–water partition coefficient (Wildman–Crippen LogP) is 4.36. The van der Waals surface area contributed by atoms with Crippen LogP contribution in [0, 0.1) is 0 Å². The van der Waals surface area contributed by atoms with Gasteiger partial charge in [0.25, 0.3) is 0 Å². The molecular formula is C20H29F7NO7S-. The Bertz CT molecular complexity index is 870. The van der Waals surface area contributed by atoms with Gasteiger partial charge < -0.3 is 18.9 Å². The van der Waals surface area contributed by atoms with Crippen LogP contribution in [-0.4, -0.2) is 72.6 Å². The second-order valence-electron chi connectivity index (χ2n) is 7.91. The molecule has 0 aromatic heterocycles. The molecule has 0 saturated heterocycles. The molecule has 0 aromatic rings. The summed E-state index contributed by atoms with van der Waals surface area (Å²) in [4.78, 5) is 25.8. The van der Waals surface area contributed by atoms with Crippen LogP contribution in [-0.2, 0) is 29.2 Å². The minimum atomic E-state index is -6.81. The van der Waals surface area contributed by atoms with E-state index in [1.165, 1.54) is 0 Å². The smallest absolute Gasteiger partial charge is 0.466 e. The van der Waals surface area contributed by atoms with Crippen LogP contribution >= 0.6 is 0 Å². The lowest BCUT2D eigenvalue weighted by atomic mass is 10.1. The number of hydrogen-bond acceptors (Lipinski definition) is 7. The van der Waals surface area contributed by atoms with Crippen LogP contribution in [0.2, 0.25) is 0 Å². The van der Waals surface area contributed by atoms with E-state index >= 15 is 0 Å². The highest BCUT2D eigenvalue weighted by atomic mass is 32.2. The van der Waals surface area contributed by atoms with E-state index in [9.17, 15) is 53.3 Å². The summed E-state index contributed by atoms with van der Waals surface area (Å²) in [6.07, 6.45) is -7.80. The van der Waals surface area contributed by atoms with Crippen molar-refractivity contribution in [2.45, 2.75) is 82.4 Å². The van der Waals surface area contributed by atoms with Crippen molar-refractivity contribution in [2.75, 3.05) is 19.7 Å². The maximum Gasteiger partial charge on any atom is 0.466 e. The molecule has 8 nitrogen and oxygen atoms in total. The lowest BCUT2D eigenvalue weighted by Crippen LogP contribution is -2.62. The van der Waals surface area contributed by atoms with Gasteiger partial charge in [-0.3, -0.25) is 4.79 Å². The summed E-state index contributed by atoms with van der Waals surface area (Å²) >= 11 is 0. The second-order valence-corrected chi connectivity index (χ2v) is 9.33. The van der Waals surface area contributed by atoms with Crippen molar-refractivity contribution in [1.82, 2.24) is 4.90 Å². The van der Waals surface area contributed by atoms with Crippen molar-refractivity contribution in [3.8, 4) is 0 Å². The molecule has 0 bridgehead atoms. The third-order valence-corrected chi connectivity index (χ3v) is 5.70. The van der Waals surface area contributed by atoms with Gasteiger partial charge >= 0.3 is 35.0 Å². The molecule has 1 atom stereocenters. The Labute approximate surface area is 204 Å². The molecule has 0 aliphatic carbocycles. The standard InChI is InChI=1S/C20H30F7NO7S/c1-5-7-11-28(12-8-6-2)16(30)18(19(23,24)25,35-15(29)14(3)4)34-13-9-10-17(21,22)20(26,27)36(31,32)33/h3,5-13H2,1-2,4H3,(H,31,32,33)/p-1.